The minimum Gasteiger partial charge on any atom is -0.0616 e. The standard InChI is InChI=1S/C38H22/c1-2-8-24-14-26-16-28-18-30-20-32-22-38-36-12-6-4-10-34(36)33-9-3-5-11-35(33)37(38)21-31(32)19-29(30)17-27(28)15-25(26)13-23(24)7-1/h1-22H. The van der Waals surface area contributed by atoms with Crippen molar-refractivity contribution < 1.29 is 0 Å². The summed E-state index contributed by atoms with van der Waals surface area (Å²) < 4.78 is 0. The van der Waals surface area contributed by atoms with Crippen molar-refractivity contribution in [1.29, 1.82) is 0 Å². The van der Waals surface area contributed by atoms with Crippen molar-refractivity contribution in [3.63, 3.8) is 0 Å². The van der Waals surface area contributed by atoms with Crippen molar-refractivity contribution in [3.8, 4) is 0 Å². The van der Waals surface area contributed by atoms with Crippen molar-refractivity contribution in [2.24, 2.45) is 0 Å². The fourth-order valence-corrected chi connectivity index (χ4v) is 6.60. The Labute approximate surface area is 219 Å². The molecule has 0 saturated carbocycles. The van der Waals surface area contributed by atoms with Crippen molar-refractivity contribution in [2.75, 3.05) is 0 Å². The second-order valence-corrected chi connectivity index (χ2v) is 10.6. The first kappa shape index (κ1) is 20.2. The highest BCUT2D eigenvalue weighted by molar-refractivity contribution is 6.27. The molecule has 0 saturated heterocycles. The van der Waals surface area contributed by atoms with Gasteiger partial charge in [-0.15, -0.1) is 0 Å². The lowest BCUT2D eigenvalue weighted by molar-refractivity contribution is 1.78. The molecule has 0 aliphatic rings. The van der Waals surface area contributed by atoms with Gasteiger partial charge in [-0.25, -0.2) is 0 Å². The molecule has 0 bridgehead atoms. The zero-order chi connectivity index (χ0) is 24.8. The number of hydrogen-bond donors (Lipinski definition) is 0. The molecule has 38 heavy (non-hydrogen) atoms. The third-order valence-electron chi connectivity index (χ3n) is 8.43. The van der Waals surface area contributed by atoms with Crippen LogP contribution in [-0.2, 0) is 0 Å². The molecule has 0 nitrogen and oxygen atoms in total. The first-order chi connectivity index (χ1) is 18.8. The molecule has 0 aliphatic carbocycles. The van der Waals surface area contributed by atoms with E-state index in [0.29, 0.717) is 0 Å². The normalized spacial score (nSPS) is 12.2. The van der Waals surface area contributed by atoms with Gasteiger partial charge in [0, 0.05) is 0 Å². The monoisotopic (exact) mass is 478 g/mol. The lowest BCUT2D eigenvalue weighted by Gasteiger charge is -2.13. The van der Waals surface area contributed by atoms with Crippen LogP contribution in [0.4, 0.5) is 0 Å². The van der Waals surface area contributed by atoms with E-state index in [1.165, 1.54) is 86.2 Å². The van der Waals surface area contributed by atoms with E-state index in [9.17, 15) is 0 Å². The molecule has 0 heterocycles. The number of fused-ring (bicyclic) bond motifs is 11. The zero-order valence-electron chi connectivity index (χ0n) is 20.7. The maximum atomic E-state index is 2.40. The Morgan fingerprint density at radius 1 is 0.184 bits per heavy atom. The summed E-state index contributed by atoms with van der Waals surface area (Å²) in [5, 5.41) is 20.8. The molecular weight excluding hydrogens is 456 g/mol. The summed E-state index contributed by atoms with van der Waals surface area (Å²) in [5.74, 6) is 0. The fraction of sp³-hybridized carbons (Fsp3) is 0. The van der Waals surface area contributed by atoms with E-state index in [-0.39, 0.29) is 0 Å². The third kappa shape index (κ3) is 2.80. The molecule has 9 rings (SSSR count). The van der Waals surface area contributed by atoms with Gasteiger partial charge in [0.15, 0.2) is 0 Å². The van der Waals surface area contributed by atoms with Crippen LogP contribution in [0.15, 0.2) is 133 Å². The van der Waals surface area contributed by atoms with Crippen molar-refractivity contribution in [3.05, 3.63) is 133 Å². The summed E-state index contributed by atoms with van der Waals surface area (Å²) >= 11 is 0. The molecule has 0 N–H and O–H groups in total. The second kappa shape index (κ2) is 7.31. The van der Waals surface area contributed by atoms with E-state index in [1.54, 1.807) is 0 Å². The SMILES string of the molecule is c1ccc2cc3cc4cc5cc6cc7c8ccccc8c8ccccc8c7cc6cc5cc4cc3cc2c1. The molecule has 0 radical (unpaired) electrons. The number of rotatable bonds is 0. The van der Waals surface area contributed by atoms with Gasteiger partial charge in [-0.05, 0) is 147 Å². The minimum atomic E-state index is 1.29. The zero-order valence-corrected chi connectivity index (χ0v) is 20.7. The Balaban J connectivity index is 1.36. The summed E-state index contributed by atoms with van der Waals surface area (Å²) in [6, 6.07) is 49.8. The third-order valence-corrected chi connectivity index (χ3v) is 8.43. The molecule has 0 unspecified atom stereocenters. The van der Waals surface area contributed by atoms with Gasteiger partial charge in [0.1, 0.15) is 0 Å². The van der Waals surface area contributed by atoms with E-state index in [4.69, 9.17) is 0 Å². The van der Waals surface area contributed by atoms with Gasteiger partial charge in [0.25, 0.3) is 0 Å². The van der Waals surface area contributed by atoms with Crippen LogP contribution in [0.25, 0.3) is 86.2 Å². The molecule has 0 spiro atoms. The predicted molar refractivity (Wildman–Crippen MR) is 166 cm³/mol. The van der Waals surface area contributed by atoms with Crippen LogP contribution in [0.5, 0.6) is 0 Å². The smallest absolute Gasteiger partial charge is 0.00926 e. The highest BCUT2D eigenvalue weighted by atomic mass is 14.1. The second-order valence-electron chi connectivity index (χ2n) is 10.6. The molecule has 174 valence electrons. The Morgan fingerprint density at radius 2 is 0.421 bits per heavy atom. The van der Waals surface area contributed by atoms with E-state index in [2.05, 4.69) is 133 Å². The van der Waals surface area contributed by atoms with Crippen LogP contribution in [0.3, 0.4) is 0 Å². The van der Waals surface area contributed by atoms with Crippen molar-refractivity contribution in [2.45, 2.75) is 0 Å². The van der Waals surface area contributed by atoms with Crippen LogP contribution in [0.1, 0.15) is 0 Å². The topological polar surface area (TPSA) is 0 Å². The molecule has 0 amide bonds. The maximum Gasteiger partial charge on any atom is -0.00926 e. The summed E-state index contributed by atoms with van der Waals surface area (Å²) in [4.78, 5) is 0. The number of hydrogen-bond acceptors (Lipinski definition) is 0. The van der Waals surface area contributed by atoms with Crippen LogP contribution in [0, 0.1) is 0 Å². The largest absolute Gasteiger partial charge is 0.0616 e. The Kier molecular flexibility index (Phi) is 3.88. The number of benzene rings is 9. The van der Waals surface area contributed by atoms with Crippen LogP contribution in [-0.4, -0.2) is 0 Å². The molecule has 0 atom stereocenters. The molecule has 0 heteroatoms. The first-order valence-electron chi connectivity index (χ1n) is 13.3. The van der Waals surface area contributed by atoms with Crippen LogP contribution in [0.2, 0.25) is 0 Å². The van der Waals surface area contributed by atoms with Gasteiger partial charge in [0.05, 0.1) is 0 Å². The molecule has 9 aromatic carbocycles. The van der Waals surface area contributed by atoms with Crippen LogP contribution >= 0.6 is 0 Å². The van der Waals surface area contributed by atoms with Gasteiger partial charge < -0.3 is 0 Å². The molecule has 0 fully saturated rings. The van der Waals surface area contributed by atoms with E-state index < -0.39 is 0 Å². The van der Waals surface area contributed by atoms with Gasteiger partial charge >= 0.3 is 0 Å². The van der Waals surface area contributed by atoms with Gasteiger partial charge in [-0.2, -0.15) is 0 Å². The average Bonchev–Trinajstić information content (AvgIpc) is 2.96. The Morgan fingerprint density at radius 3 is 0.763 bits per heavy atom. The lowest BCUT2D eigenvalue weighted by Crippen LogP contribution is -1.85. The Hall–Kier alpha value is -4.94. The van der Waals surface area contributed by atoms with Gasteiger partial charge in [-0.3, -0.25) is 0 Å². The highest BCUT2D eigenvalue weighted by Crippen LogP contribution is 2.38. The van der Waals surface area contributed by atoms with E-state index in [0.717, 1.165) is 0 Å². The first-order valence-corrected chi connectivity index (χ1v) is 13.3. The lowest BCUT2D eigenvalue weighted by atomic mass is 9.91. The van der Waals surface area contributed by atoms with Crippen molar-refractivity contribution in [1.82, 2.24) is 0 Å². The average molecular weight is 479 g/mol. The summed E-state index contributed by atoms with van der Waals surface area (Å²) in [6.07, 6.45) is 0. The minimum absolute atomic E-state index is 1.29. The van der Waals surface area contributed by atoms with Gasteiger partial charge in [-0.1, -0.05) is 72.8 Å². The summed E-state index contributed by atoms with van der Waals surface area (Å²) in [5.41, 5.74) is 0. The van der Waals surface area contributed by atoms with E-state index >= 15 is 0 Å². The van der Waals surface area contributed by atoms with E-state index in [1.807, 2.05) is 0 Å². The molecular formula is C38H22. The molecule has 0 aliphatic heterocycles. The predicted octanol–water partition coefficient (Wildman–Crippen LogP) is 10.9. The quantitative estimate of drug-likeness (QED) is 0.150. The molecule has 0 aromatic heterocycles. The van der Waals surface area contributed by atoms with Crippen LogP contribution < -0.4 is 0 Å². The van der Waals surface area contributed by atoms with Gasteiger partial charge in [0.2, 0.25) is 0 Å². The highest BCUT2D eigenvalue weighted by Gasteiger charge is 2.11. The molecule has 9 aromatic rings. The maximum absolute atomic E-state index is 2.40. The van der Waals surface area contributed by atoms with Crippen molar-refractivity contribution >= 4 is 86.2 Å². The Bertz CT molecular complexity index is 2270. The summed E-state index contributed by atoms with van der Waals surface area (Å²) in [6.45, 7) is 0. The summed E-state index contributed by atoms with van der Waals surface area (Å²) in [7, 11) is 0. The fourth-order valence-electron chi connectivity index (χ4n) is 6.60.